The first-order valence-electron chi connectivity index (χ1n) is 7.57. The molecule has 1 aromatic carbocycles. The van der Waals surface area contributed by atoms with Crippen LogP contribution in [0.5, 0.6) is 0 Å². The molecular formula is C17H28N2. The Balaban J connectivity index is 2.28. The molecule has 0 radical (unpaired) electrons. The third-order valence-electron chi connectivity index (χ3n) is 4.19. The number of hydrogen-bond donors (Lipinski definition) is 1. The summed E-state index contributed by atoms with van der Waals surface area (Å²) in [6, 6.07) is 9.71. The molecule has 2 atom stereocenters. The minimum Gasteiger partial charge on any atom is -0.326 e. The van der Waals surface area contributed by atoms with Crippen molar-refractivity contribution in [2.75, 3.05) is 6.54 Å². The smallest absolute Gasteiger partial charge is 0.0501 e. The largest absolute Gasteiger partial charge is 0.326 e. The minimum absolute atomic E-state index is 0.155. The molecule has 1 aromatic rings. The Hall–Kier alpha value is -0.860. The molecule has 0 bridgehead atoms. The van der Waals surface area contributed by atoms with Gasteiger partial charge in [-0.15, -0.1) is 0 Å². The fourth-order valence-electron chi connectivity index (χ4n) is 2.93. The van der Waals surface area contributed by atoms with Gasteiger partial charge in [-0.05, 0) is 57.6 Å². The molecule has 106 valence electrons. The molecule has 0 saturated heterocycles. The van der Waals surface area contributed by atoms with E-state index in [1.54, 1.807) is 0 Å². The summed E-state index contributed by atoms with van der Waals surface area (Å²) in [5.41, 5.74) is 9.08. The Morgan fingerprint density at radius 3 is 2.32 bits per heavy atom. The molecule has 2 nitrogen and oxygen atoms in total. The van der Waals surface area contributed by atoms with E-state index in [-0.39, 0.29) is 6.04 Å². The molecular weight excluding hydrogens is 232 g/mol. The molecule has 0 spiro atoms. The van der Waals surface area contributed by atoms with E-state index in [1.165, 1.54) is 30.5 Å². The van der Waals surface area contributed by atoms with Gasteiger partial charge in [0.15, 0.2) is 0 Å². The number of rotatable bonds is 6. The SMILES string of the molecule is Cc1ccccc1C(C(C)N)N(CC1CC1)C(C)C. The predicted octanol–water partition coefficient (Wildman–Crippen LogP) is 3.50. The Morgan fingerprint density at radius 1 is 1.21 bits per heavy atom. The van der Waals surface area contributed by atoms with E-state index in [1.807, 2.05) is 0 Å². The third kappa shape index (κ3) is 3.58. The van der Waals surface area contributed by atoms with Crippen LogP contribution >= 0.6 is 0 Å². The number of aryl methyl sites for hydroxylation is 1. The average Bonchev–Trinajstić information content (AvgIpc) is 3.14. The van der Waals surface area contributed by atoms with Crippen molar-refractivity contribution in [2.45, 2.75) is 58.7 Å². The molecule has 2 heteroatoms. The topological polar surface area (TPSA) is 29.3 Å². The van der Waals surface area contributed by atoms with E-state index < -0.39 is 0 Å². The van der Waals surface area contributed by atoms with Crippen molar-refractivity contribution in [3.8, 4) is 0 Å². The van der Waals surface area contributed by atoms with Crippen molar-refractivity contribution >= 4 is 0 Å². The second kappa shape index (κ2) is 6.06. The van der Waals surface area contributed by atoms with Gasteiger partial charge in [-0.25, -0.2) is 0 Å². The van der Waals surface area contributed by atoms with E-state index in [2.05, 4.69) is 56.9 Å². The molecule has 2 rings (SSSR count). The summed E-state index contributed by atoms with van der Waals surface area (Å²) >= 11 is 0. The van der Waals surface area contributed by atoms with Crippen LogP contribution in [0.15, 0.2) is 24.3 Å². The van der Waals surface area contributed by atoms with Crippen molar-refractivity contribution < 1.29 is 0 Å². The predicted molar refractivity (Wildman–Crippen MR) is 82.1 cm³/mol. The van der Waals surface area contributed by atoms with Crippen LogP contribution < -0.4 is 5.73 Å². The van der Waals surface area contributed by atoms with Crippen LogP contribution in [0.2, 0.25) is 0 Å². The van der Waals surface area contributed by atoms with E-state index in [0.717, 1.165) is 5.92 Å². The van der Waals surface area contributed by atoms with Crippen LogP contribution in [0.3, 0.4) is 0 Å². The first-order valence-corrected chi connectivity index (χ1v) is 7.57. The Kier molecular flexibility index (Phi) is 4.64. The van der Waals surface area contributed by atoms with Crippen molar-refractivity contribution in [3.63, 3.8) is 0 Å². The maximum Gasteiger partial charge on any atom is 0.0501 e. The lowest BCUT2D eigenvalue weighted by atomic mass is 9.94. The fourth-order valence-corrected chi connectivity index (χ4v) is 2.93. The van der Waals surface area contributed by atoms with Gasteiger partial charge in [0.1, 0.15) is 0 Å². The zero-order chi connectivity index (χ0) is 14.0. The Bertz CT molecular complexity index is 407. The molecule has 1 aliphatic rings. The molecule has 0 aliphatic heterocycles. The first kappa shape index (κ1) is 14.5. The second-order valence-corrected chi connectivity index (χ2v) is 6.39. The number of hydrogen-bond acceptors (Lipinski definition) is 2. The Labute approximate surface area is 118 Å². The lowest BCUT2D eigenvalue weighted by molar-refractivity contribution is 0.129. The van der Waals surface area contributed by atoms with Crippen molar-refractivity contribution in [1.82, 2.24) is 4.90 Å². The van der Waals surface area contributed by atoms with Gasteiger partial charge in [0.2, 0.25) is 0 Å². The van der Waals surface area contributed by atoms with Crippen molar-refractivity contribution in [3.05, 3.63) is 35.4 Å². The fraction of sp³-hybridized carbons (Fsp3) is 0.647. The number of benzene rings is 1. The van der Waals surface area contributed by atoms with Crippen LogP contribution in [0, 0.1) is 12.8 Å². The highest BCUT2D eigenvalue weighted by atomic mass is 15.2. The third-order valence-corrected chi connectivity index (χ3v) is 4.19. The zero-order valence-electron chi connectivity index (χ0n) is 12.8. The van der Waals surface area contributed by atoms with Crippen LogP contribution in [0.25, 0.3) is 0 Å². The van der Waals surface area contributed by atoms with Gasteiger partial charge < -0.3 is 5.73 Å². The summed E-state index contributed by atoms with van der Waals surface area (Å²) in [4.78, 5) is 2.60. The standard InChI is InChI=1S/C17H28N2/c1-12(2)19(11-15-9-10-15)17(14(4)18)16-8-6-5-7-13(16)3/h5-8,12,14-15,17H,9-11,18H2,1-4H3. The maximum absolute atomic E-state index is 6.33. The van der Waals surface area contributed by atoms with Gasteiger partial charge in [0.05, 0.1) is 6.04 Å². The monoisotopic (exact) mass is 260 g/mol. The van der Waals surface area contributed by atoms with Crippen LogP contribution in [-0.4, -0.2) is 23.5 Å². The lowest BCUT2D eigenvalue weighted by Gasteiger charge is -2.38. The van der Waals surface area contributed by atoms with Crippen LogP contribution in [-0.2, 0) is 0 Å². The molecule has 0 aromatic heterocycles. The molecule has 19 heavy (non-hydrogen) atoms. The van der Waals surface area contributed by atoms with Gasteiger partial charge in [0.25, 0.3) is 0 Å². The quantitative estimate of drug-likeness (QED) is 0.848. The number of nitrogens with two attached hydrogens (primary N) is 1. The molecule has 1 aliphatic carbocycles. The molecule has 2 N–H and O–H groups in total. The van der Waals surface area contributed by atoms with Gasteiger partial charge >= 0.3 is 0 Å². The molecule has 0 heterocycles. The van der Waals surface area contributed by atoms with Crippen molar-refractivity contribution in [1.29, 1.82) is 0 Å². The zero-order valence-corrected chi connectivity index (χ0v) is 12.8. The summed E-state index contributed by atoms with van der Waals surface area (Å²) in [6.45, 7) is 10.1. The molecule has 0 amide bonds. The van der Waals surface area contributed by atoms with Crippen LogP contribution in [0.4, 0.5) is 0 Å². The normalized spacial score (nSPS) is 18.9. The lowest BCUT2D eigenvalue weighted by Crippen LogP contribution is -2.44. The summed E-state index contributed by atoms with van der Waals surface area (Å²) in [5, 5.41) is 0. The van der Waals surface area contributed by atoms with E-state index >= 15 is 0 Å². The van der Waals surface area contributed by atoms with Crippen LogP contribution in [0.1, 0.15) is 50.8 Å². The van der Waals surface area contributed by atoms with Gasteiger partial charge in [-0.1, -0.05) is 24.3 Å². The molecule has 1 fully saturated rings. The number of nitrogens with zero attached hydrogens (tertiary/aromatic N) is 1. The summed E-state index contributed by atoms with van der Waals surface area (Å²) in [7, 11) is 0. The van der Waals surface area contributed by atoms with Crippen molar-refractivity contribution in [2.24, 2.45) is 11.7 Å². The highest BCUT2D eigenvalue weighted by Crippen LogP contribution is 2.35. The highest BCUT2D eigenvalue weighted by molar-refractivity contribution is 5.30. The summed E-state index contributed by atoms with van der Waals surface area (Å²) in [5.74, 6) is 0.896. The first-order chi connectivity index (χ1) is 9.00. The van der Waals surface area contributed by atoms with E-state index in [0.29, 0.717) is 12.1 Å². The minimum atomic E-state index is 0.155. The second-order valence-electron chi connectivity index (χ2n) is 6.39. The van der Waals surface area contributed by atoms with Gasteiger partial charge in [-0.3, -0.25) is 4.90 Å². The van der Waals surface area contributed by atoms with E-state index in [9.17, 15) is 0 Å². The maximum atomic E-state index is 6.33. The van der Waals surface area contributed by atoms with E-state index in [4.69, 9.17) is 5.73 Å². The Morgan fingerprint density at radius 2 is 1.84 bits per heavy atom. The summed E-state index contributed by atoms with van der Waals surface area (Å²) < 4.78 is 0. The van der Waals surface area contributed by atoms with Gasteiger partial charge in [0, 0.05) is 18.6 Å². The van der Waals surface area contributed by atoms with Gasteiger partial charge in [-0.2, -0.15) is 0 Å². The molecule has 1 saturated carbocycles. The molecule has 2 unspecified atom stereocenters. The highest BCUT2D eigenvalue weighted by Gasteiger charge is 2.32. The summed E-state index contributed by atoms with van der Waals surface area (Å²) in [6.07, 6.45) is 2.78. The average molecular weight is 260 g/mol.